The van der Waals surface area contributed by atoms with Gasteiger partial charge in [-0.05, 0) is 55.0 Å². The molecule has 0 saturated carbocycles. The van der Waals surface area contributed by atoms with Crippen molar-refractivity contribution in [2.75, 3.05) is 12.4 Å². The number of carbonyl (C=O) groups excluding carboxylic acids is 1. The van der Waals surface area contributed by atoms with Gasteiger partial charge in [0.2, 0.25) is 5.88 Å². The number of benzene rings is 2. The summed E-state index contributed by atoms with van der Waals surface area (Å²) in [6, 6.07) is 16.3. The summed E-state index contributed by atoms with van der Waals surface area (Å²) in [5.74, 6) is 1.63. The van der Waals surface area contributed by atoms with Gasteiger partial charge in [0.15, 0.2) is 5.78 Å². The Morgan fingerprint density at radius 1 is 1.07 bits per heavy atom. The molecule has 1 aliphatic heterocycles. The number of hydrogen-bond donors (Lipinski definition) is 1. The van der Waals surface area contributed by atoms with Crippen molar-refractivity contribution in [3.63, 3.8) is 0 Å². The molecule has 152 valence electrons. The van der Waals surface area contributed by atoms with E-state index in [-0.39, 0.29) is 17.6 Å². The standard InChI is InChI=1S/C25H24N2O3/c1-14-6-4-5-7-19(14)23-22-15(2)27-30-25(22)26-20-12-17(13-21(28)24(20)23)16-8-10-18(29-3)11-9-16/h4-11,17,23,26H,12-13H2,1-3H3/t17-,23-/m1/s1. The molecule has 5 heteroatoms. The van der Waals surface area contributed by atoms with E-state index in [0.717, 1.165) is 51.4 Å². The molecule has 2 aromatic carbocycles. The van der Waals surface area contributed by atoms with Gasteiger partial charge in [0.1, 0.15) is 5.75 Å². The fraction of sp³-hybridized carbons (Fsp3) is 0.280. The Kier molecular flexibility index (Phi) is 4.46. The number of ketones is 1. The van der Waals surface area contributed by atoms with E-state index >= 15 is 0 Å². The molecular weight excluding hydrogens is 376 g/mol. The SMILES string of the molecule is COc1ccc([C@H]2CC(=O)C3=C(C2)Nc2onc(C)c2[C@H]3c2ccccc2C)cc1. The van der Waals surface area contributed by atoms with Crippen LogP contribution in [0.2, 0.25) is 0 Å². The first-order valence-electron chi connectivity index (χ1n) is 10.3. The van der Waals surface area contributed by atoms with Crippen molar-refractivity contribution in [1.82, 2.24) is 5.16 Å². The van der Waals surface area contributed by atoms with Gasteiger partial charge in [-0.15, -0.1) is 0 Å². The van der Waals surface area contributed by atoms with Crippen molar-refractivity contribution in [2.24, 2.45) is 0 Å². The van der Waals surface area contributed by atoms with Crippen LogP contribution in [0.3, 0.4) is 0 Å². The van der Waals surface area contributed by atoms with Crippen LogP contribution in [-0.2, 0) is 4.79 Å². The van der Waals surface area contributed by atoms with Crippen LogP contribution in [0.25, 0.3) is 0 Å². The summed E-state index contributed by atoms with van der Waals surface area (Å²) in [7, 11) is 1.66. The van der Waals surface area contributed by atoms with Gasteiger partial charge in [0.05, 0.1) is 18.4 Å². The number of anilines is 1. The van der Waals surface area contributed by atoms with Crippen LogP contribution < -0.4 is 10.1 Å². The van der Waals surface area contributed by atoms with Crippen molar-refractivity contribution in [3.05, 3.63) is 87.7 Å². The van der Waals surface area contributed by atoms with Crippen LogP contribution in [0, 0.1) is 13.8 Å². The molecule has 0 amide bonds. The molecule has 0 radical (unpaired) electrons. The summed E-state index contributed by atoms with van der Waals surface area (Å²) < 4.78 is 10.9. The van der Waals surface area contributed by atoms with E-state index in [1.165, 1.54) is 0 Å². The highest BCUT2D eigenvalue weighted by atomic mass is 16.5. The zero-order valence-electron chi connectivity index (χ0n) is 17.4. The van der Waals surface area contributed by atoms with Gasteiger partial charge in [-0.25, -0.2) is 0 Å². The molecule has 0 fully saturated rings. The lowest BCUT2D eigenvalue weighted by molar-refractivity contribution is -0.116. The Balaban J connectivity index is 1.60. The second-order valence-corrected chi connectivity index (χ2v) is 8.12. The number of aromatic nitrogens is 1. The minimum absolute atomic E-state index is 0.123. The number of ether oxygens (including phenoxy) is 1. The number of Topliss-reactive ketones (excluding diaryl/α,β-unsaturated/α-hetero) is 1. The van der Waals surface area contributed by atoms with Crippen LogP contribution in [-0.4, -0.2) is 18.0 Å². The number of hydrogen-bond acceptors (Lipinski definition) is 5. The summed E-state index contributed by atoms with van der Waals surface area (Å²) in [5, 5.41) is 7.59. The lowest BCUT2D eigenvalue weighted by Gasteiger charge is -2.35. The van der Waals surface area contributed by atoms with E-state index in [9.17, 15) is 4.79 Å². The monoisotopic (exact) mass is 400 g/mol. The third-order valence-electron chi connectivity index (χ3n) is 6.34. The first-order chi connectivity index (χ1) is 14.6. The largest absolute Gasteiger partial charge is 0.497 e. The van der Waals surface area contributed by atoms with Crippen molar-refractivity contribution >= 4 is 11.7 Å². The highest BCUT2D eigenvalue weighted by Gasteiger charge is 2.41. The molecule has 5 nitrogen and oxygen atoms in total. The number of methoxy groups -OCH3 is 1. The quantitative estimate of drug-likeness (QED) is 0.650. The van der Waals surface area contributed by atoms with E-state index in [4.69, 9.17) is 9.26 Å². The molecule has 2 aliphatic rings. The second kappa shape index (κ2) is 7.17. The maximum Gasteiger partial charge on any atom is 0.233 e. The molecule has 2 atom stereocenters. The predicted octanol–water partition coefficient (Wildman–Crippen LogP) is 5.26. The second-order valence-electron chi connectivity index (χ2n) is 8.12. The highest BCUT2D eigenvalue weighted by Crippen LogP contribution is 2.49. The smallest absolute Gasteiger partial charge is 0.233 e. The van der Waals surface area contributed by atoms with Crippen LogP contribution >= 0.6 is 0 Å². The van der Waals surface area contributed by atoms with E-state index in [2.05, 4.69) is 29.5 Å². The molecule has 0 bridgehead atoms. The minimum atomic E-state index is -0.145. The molecule has 1 aliphatic carbocycles. The number of carbonyl (C=O) groups is 1. The Morgan fingerprint density at radius 2 is 1.83 bits per heavy atom. The maximum atomic E-state index is 13.5. The molecule has 1 aromatic heterocycles. The van der Waals surface area contributed by atoms with Crippen molar-refractivity contribution in [1.29, 1.82) is 0 Å². The van der Waals surface area contributed by atoms with Gasteiger partial charge < -0.3 is 14.6 Å². The lowest BCUT2D eigenvalue weighted by atomic mass is 9.72. The van der Waals surface area contributed by atoms with E-state index in [1.807, 2.05) is 43.3 Å². The Labute approximate surface area is 175 Å². The predicted molar refractivity (Wildman–Crippen MR) is 115 cm³/mol. The van der Waals surface area contributed by atoms with Gasteiger partial charge in [-0.3, -0.25) is 4.79 Å². The fourth-order valence-electron chi connectivity index (χ4n) is 4.81. The van der Waals surface area contributed by atoms with E-state index in [1.54, 1.807) is 7.11 Å². The topological polar surface area (TPSA) is 64.4 Å². The van der Waals surface area contributed by atoms with Crippen LogP contribution in [0.4, 0.5) is 5.88 Å². The normalized spacial score (nSPS) is 20.4. The summed E-state index contributed by atoms with van der Waals surface area (Å²) in [6.45, 7) is 4.03. The summed E-state index contributed by atoms with van der Waals surface area (Å²) in [5.41, 5.74) is 7.03. The number of fused-ring (bicyclic) bond motifs is 1. The lowest BCUT2D eigenvalue weighted by Crippen LogP contribution is -2.29. The first-order valence-corrected chi connectivity index (χ1v) is 10.3. The Bertz CT molecular complexity index is 1160. The van der Waals surface area contributed by atoms with Gasteiger partial charge in [0, 0.05) is 23.6 Å². The van der Waals surface area contributed by atoms with Crippen LogP contribution in [0.15, 0.2) is 64.3 Å². The van der Waals surface area contributed by atoms with Crippen LogP contribution in [0.5, 0.6) is 5.75 Å². The van der Waals surface area contributed by atoms with Gasteiger partial charge >= 0.3 is 0 Å². The number of nitrogens with zero attached hydrogens (tertiary/aromatic N) is 1. The molecule has 2 heterocycles. The van der Waals surface area contributed by atoms with Gasteiger partial charge in [0.25, 0.3) is 0 Å². The summed E-state index contributed by atoms with van der Waals surface area (Å²) >= 11 is 0. The van der Waals surface area contributed by atoms with Crippen molar-refractivity contribution < 1.29 is 14.1 Å². The van der Waals surface area contributed by atoms with Crippen molar-refractivity contribution in [3.8, 4) is 5.75 Å². The number of nitrogens with one attached hydrogen (secondary N) is 1. The molecular formula is C25H24N2O3. The minimum Gasteiger partial charge on any atom is -0.497 e. The van der Waals surface area contributed by atoms with E-state index < -0.39 is 0 Å². The molecule has 0 saturated heterocycles. The third kappa shape index (κ3) is 2.93. The zero-order valence-corrected chi connectivity index (χ0v) is 17.4. The summed E-state index contributed by atoms with van der Waals surface area (Å²) in [4.78, 5) is 13.5. The Hall–Kier alpha value is -3.34. The average Bonchev–Trinajstić information content (AvgIpc) is 3.13. The molecule has 3 aromatic rings. The number of aryl methyl sites for hydroxylation is 2. The molecule has 0 spiro atoms. The van der Waals surface area contributed by atoms with Gasteiger partial charge in [-0.2, -0.15) is 0 Å². The fourth-order valence-corrected chi connectivity index (χ4v) is 4.81. The Morgan fingerprint density at radius 3 is 2.57 bits per heavy atom. The van der Waals surface area contributed by atoms with Crippen LogP contribution in [0.1, 0.15) is 52.6 Å². The first kappa shape index (κ1) is 18.7. The molecule has 30 heavy (non-hydrogen) atoms. The van der Waals surface area contributed by atoms with E-state index in [0.29, 0.717) is 12.3 Å². The zero-order chi connectivity index (χ0) is 20.8. The average molecular weight is 400 g/mol. The molecule has 1 N–H and O–H groups in total. The van der Waals surface area contributed by atoms with Crippen molar-refractivity contribution in [2.45, 2.75) is 38.5 Å². The molecule has 0 unspecified atom stereocenters. The number of allylic oxidation sites excluding steroid dienone is 2. The third-order valence-corrected chi connectivity index (χ3v) is 6.34. The molecule has 5 rings (SSSR count). The maximum absolute atomic E-state index is 13.5. The van der Waals surface area contributed by atoms with Gasteiger partial charge in [-0.1, -0.05) is 41.6 Å². The summed E-state index contributed by atoms with van der Waals surface area (Å²) in [6.07, 6.45) is 1.25. The highest BCUT2D eigenvalue weighted by molar-refractivity contribution is 6.01. The number of rotatable bonds is 3.